The van der Waals surface area contributed by atoms with Gasteiger partial charge in [-0.3, -0.25) is 4.98 Å². The van der Waals surface area contributed by atoms with E-state index in [0.29, 0.717) is 5.56 Å². The molecule has 1 rings (SSSR count). The fraction of sp³-hybridized carbons (Fsp3) is 0. The molecule has 1 aromatic rings. The third-order valence-electron chi connectivity index (χ3n) is 0.791. The van der Waals surface area contributed by atoms with Crippen LogP contribution in [0.1, 0.15) is 5.56 Å². The smallest absolute Gasteiger partial charge is 0.430 e. The molecule has 0 aliphatic rings. The van der Waals surface area contributed by atoms with Crippen molar-refractivity contribution in [3.8, 4) is 6.07 Å². The highest BCUT2D eigenvalue weighted by Gasteiger charge is 1.80. The Morgan fingerprint density at radius 2 is 2.18 bits per heavy atom. The number of hydrogen-bond acceptors (Lipinski definition) is 4. The molecule has 0 aliphatic heterocycles. The summed E-state index contributed by atoms with van der Waals surface area (Å²) < 4.78 is 0. The monoisotopic (exact) mass is 150 g/mol. The van der Waals surface area contributed by atoms with E-state index in [1.807, 2.05) is 6.07 Å². The van der Waals surface area contributed by atoms with Gasteiger partial charge in [0, 0.05) is 12.4 Å². The van der Waals surface area contributed by atoms with E-state index in [1.54, 1.807) is 18.3 Å². The Kier molecular flexibility index (Phi) is 5.90. The van der Waals surface area contributed by atoms with Gasteiger partial charge in [-0.1, -0.05) is 0 Å². The van der Waals surface area contributed by atoms with Crippen molar-refractivity contribution < 1.29 is 10.0 Å². The van der Waals surface area contributed by atoms with Crippen molar-refractivity contribution in [2.45, 2.75) is 0 Å². The van der Waals surface area contributed by atoms with Crippen molar-refractivity contribution in [3.63, 3.8) is 0 Å². The Balaban J connectivity index is 0.000000292. The average molecular weight is 150 g/mol. The molecule has 5 heteroatoms. The topological polar surface area (TPSA) is 77.1 Å². The summed E-state index contributed by atoms with van der Waals surface area (Å²) in [6.07, 6.45) is 3.17. The summed E-state index contributed by atoms with van der Waals surface area (Å²) in [6, 6.07) is 5.41. The van der Waals surface area contributed by atoms with Gasteiger partial charge in [-0.25, -0.2) is 0 Å². The van der Waals surface area contributed by atoms with Gasteiger partial charge in [0.25, 0.3) is 0 Å². The van der Waals surface area contributed by atoms with E-state index >= 15 is 0 Å². The van der Waals surface area contributed by atoms with Crippen LogP contribution in [0.3, 0.4) is 0 Å². The first kappa shape index (κ1) is 9.62. The Labute approximate surface area is 65.1 Å². The van der Waals surface area contributed by atoms with Crippen LogP contribution in [0.25, 0.3) is 0 Å². The fourth-order valence-corrected chi connectivity index (χ4v) is 0.429. The van der Waals surface area contributed by atoms with Crippen LogP contribution in [-0.2, 0) is 0 Å². The number of aromatic nitrogens is 1. The molecule has 0 atom stereocenters. The molecule has 0 amide bonds. The summed E-state index contributed by atoms with van der Waals surface area (Å²) in [5.74, 6) is 0. The first-order chi connectivity index (χ1) is 5.35. The van der Waals surface area contributed by atoms with Crippen LogP contribution in [0.5, 0.6) is 0 Å². The third kappa shape index (κ3) is 5.09. The lowest BCUT2D eigenvalue weighted by Crippen LogP contribution is -1.75. The molecule has 0 radical (unpaired) electrons. The number of nitriles is 1. The first-order valence-corrected chi connectivity index (χ1v) is 2.87. The van der Waals surface area contributed by atoms with Gasteiger partial charge in [0.1, 0.15) is 6.07 Å². The molecule has 0 bridgehead atoms. The zero-order chi connectivity index (χ0) is 8.53. The van der Waals surface area contributed by atoms with Gasteiger partial charge < -0.3 is 10.0 Å². The third-order valence-corrected chi connectivity index (χ3v) is 0.791. The predicted octanol–water partition coefficient (Wildman–Crippen LogP) is -0.809. The molecule has 1 heterocycles. The molecule has 0 saturated carbocycles. The van der Waals surface area contributed by atoms with E-state index in [-0.39, 0.29) is 0 Å². The molecule has 1 aromatic heterocycles. The van der Waals surface area contributed by atoms with Crippen molar-refractivity contribution in [1.29, 1.82) is 5.26 Å². The van der Waals surface area contributed by atoms with Crippen LogP contribution in [0.4, 0.5) is 0 Å². The van der Waals surface area contributed by atoms with E-state index in [0.717, 1.165) is 0 Å². The molecule has 2 N–H and O–H groups in total. The normalized spacial score (nSPS) is 7.00. The summed E-state index contributed by atoms with van der Waals surface area (Å²) in [6.45, 7) is 0. The minimum atomic E-state index is -0.750. The van der Waals surface area contributed by atoms with Gasteiger partial charge in [0.15, 0.2) is 0 Å². The van der Waals surface area contributed by atoms with Crippen molar-refractivity contribution in [2.75, 3.05) is 0 Å². The van der Waals surface area contributed by atoms with Gasteiger partial charge in [0.2, 0.25) is 0 Å². The van der Waals surface area contributed by atoms with E-state index in [2.05, 4.69) is 4.98 Å². The Hall–Kier alpha value is -1.38. The van der Waals surface area contributed by atoms with E-state index in [1.165, 1.54) is 6.20 Å². The van der Waals surface area contributed by atoms with Crippen molar-refractivity contribution in [1.82, 2.24) is 4.98 Å². The summed E-state index contributed by atoms with van der Waals surface area (Å²) >= 11 is 0. The molecular weight excluding hydrogens is 143 g/mol. The highest BCUT2D eigenvalue weighted by Crippen LogP contribution is 1.89. The molecule has 0 aromatic carbocycles. The summed E-state index contributed by atoms with van der Waals surface area (Å²) in [5.41, 5.74) is 0.604. The van der Waals surface area contributed by atoms with Crippen LogP contribution in [-0.4, -0.2) is 22.7 Å². The van der Waals surface area contributed by atoms with Crippen molar-refractivity contribution in [3.05, 3.63) is 30.1 Å². The zero-order valence-electron chi connectivity index (χ0n) is 5.81. The Morgan fingerprint density at radius 1 is 1.55 bits per heavy atom. The minimum Gasteiger partial charge on any atom is -0.430 e. The Morgan fingerprint density at radius 3 is 2.45 bits per heavy atom. The van der Waals surface area contributed by atoms with Crippen LogP contribution in [0.15, 0.2) is 24.5 Å². The molecule has 0 aliphatic carbocycles. The second-order valence-electron chi connectivity index (χ2n) is 1.49. The van der Waals surface area contributed by atoms with Gasteiger partial charge in [-0.05, 0) is 12.1 Å². The second kappa shape index (κ2) is 6.74. The maximum absolute atomic E-state index is 8.25. The van der Waals surface area contributed by atoms with Crippen LogP contribution >= 0.6 is 0 Å². The summed E-state index contributed by atoms with van der Waals surface area (Å²) in [4.78, 5) is 3.73. The van der Waals surface area contributed by atoms with Gasteiger partial charge >= 0.3 is 7.69 Å². The largest absolute Gasteiger partial charge is 0.432 e. The molecule has 0 fully saturated rings. The molecular formula is C6H7BN2O2. The molecule has 11 heavy (non-hydrogen) atoms. The second-order valence-corrected chi connectivity index (χ2v) is 1.49. The molecule has 4 nitrogen and oxygen atoms in total. The quantitative estimate of drug-likeness (QED) is 0.474. The summed E-state index contributed by atoms with van der Waals surface area (Å²) in [5, 5.41) is 22.5. The Bertz CT molecular complexity index is 222. The number of rotatable bonds is 0. The van der Waals surface area contributed by atoms with Crippen LogP contribution in [0.2, 0.25) is 0 Å². The fourth-order valence-electron chi connectivity index (χ4n) is 0.429. The highest BCUT2D eigenvalue weighted by molar-refractivity contribution is 6.13. The van der Waals surface area contributed by atoms with Crippen LogP contribution in [0, 0.1) is 11.3 Å². The maximum atomic E-state index is 8.25. The maximum Gasteiger partial charge on any atom is 0.432 e. The SMILES string of the molecule is N#Cc1cccnc1.OBO. The lowest BCUT2D eigenvalue weighted by Gasteiger charge is -1.79. The lowest BCUT2D eigenvalue weighted by molar-refractivity contribution is 0.448. The minimum absolute atomic E-state index is 0.604. The van der Waals surface area contributed by atoms with E-state index in [4.69, 9.17) is 15.3 Å². The average Bonchev–Trinajstić information content (AvgIpc) is 2.08. The standard InChI is InChI=1S/C6H4N2.BH3O2/c7-4-6-2-1-3-8-5-6;2-1-3/h1-3,5H;1-3H. The molecule has 56 valence electrons. The van der Waals surface area contributed by atoms with E-state index < -0.39 is 7.69 Å². The lowest BCUT2D eigenvalue weighted by atomic mass is 10.3. The van der Waals surface area contributed by atoms with Crippen molar-refractivity contribution in [2.24, 2.45) is 0 Å². The predicted molar refractivity (Wildman–Crippen MR) is 40.5 cm³/mol. The number of nitrogens with zero attached hydrogens (tertiary/aromatic N) is 2. The number of pyridine rings is 1. The van der Waals surface area contributed by atoms with Crippen LogP contribution < -0.4 is 0 Å². The first-order valence-electron chi connectivity index (χ1n) is 2.87. The number of hydrogen-bond donors (Lipinski definition) is 2. The highest BCUT2D eigenvalue weighted by atomic mass is 16.4. The zero-order valence-corrected chi connectivity index (χ0v) is 5.81. The van der Waals surface area contributed by atoms with Crippen molar-refractivity contribution >= 4 is 7.69 Å². The van der Waals surface area contributed by atoms with Gasteiger partial charge in [-0.2, -0.15) is 5.26 Å². The molecule has 0 unspecified atom stereocenters. The van der Waals surface area contributed by atoms with E-state index in [9.17, 15) is 0 Å². The molecule has 0 saturated heterocycles. The molecule has 0 spiro atoms. The summed E-state index contributed by atoms with van der Waals surface area (Å²) in [7, 11) is -0.750. The van der Waals surface area contributed by atoms with Gasteiger partial charge in [-0.15, -0.1) is 0 Å². The van der Waals surface area contributed by atoms with Gasteiger partial charge in [0.05, 0.1) is 5.56 Å².